The number of rotatable bonds is 9. The lowest BCUT2D eigenvalue weighted by Crippen LogP contribution is -2.50. The monoisotopic (exact) mass is 861 g/mol. The molecular formula is C43H54F3N3O10S. The van der Waals surface area contributed by atoms with Crippen LogP contribution >= 0.6 is 0 Å². The number of pyridine rings is 1. The second-order valence-electron chi connectivity index (χ2n) is 17.9. The molecule has 4 heterocycles. The molecule has 328 valence electrons. The molecule has 7 atom stereocenters. The standard InChI is InChI=1S/C43H54F3N3O10S/c1-6-34-31(21-35(51)59-40(3,4)43(44,45)46)38(52)49-24-27(58-37-30-15-10-9-14-28(30)29-16-11-19-56-36(29)47-37)20-32(49)33(50)23-42(22-26(42)13-8-7-12-25(2)57-34)39(53)48-60(54,55)41(5)17-18-41/h8-10,13-15,25-27,31-32,34H,6-7,11-12,16-24H2,1-5H3,(H,48,53)/b13-8-/t25-,26-,27-,31+,32+,34+,42-/m1/s1. The van der Waals surface area contributed by atoms with Gasteiger partial charge in [0.25, 0.3) is 0 Å². The van der Waals surface area contributed by atoms with Crippen LogP contribution in [0.5, 0.6) is 11.8 Å². The molecule has 3 aliphatic heterocycles. The predicted octanol–water partition coefficient (Wildman–Crippen LogP) is 6.30. The molecular weight excluding hydrogens is 808 g/mol. The van der Waals surface area contributed by atoms with E-state index in [-0.39, 0.29) is 31.7 Å². The zero-order valence-corrected chi connectivity index (χ0v) is 35.5. The summed E-state index contributed by atoms with van der Waals surface area (Å²) < 4.78 is 93.0. The molecule has 2 saturated carbocycles. The number of nitrogens with zero attached hydrogens (tertiary/aromatic N) is 2. The Morgan fingerprint density at radius 1 is 1.12 bits per heavy atom. The number of fused-ring (bicyclic) bond motifs is 5. The molecule has 5 aliphatic rings. The summed E-state index contributed by atoms with van der Waals surface area (Å²) >= 11 is 0. The summed E-state index contributed by atoms with van der Waals surface area (Å²) in [7, 11) is -4.05. The SMILES string of the molecule is CC[C@@H]1O[C@H](C)CC/C=C\[C@@H]2C[C@@]2(C(=O)NS(=O)(=O)C2(C)CC2)CC(=O)[C@@H]2C[C@@H](Oc3nc4c(c5ccccc35)CCCO4)CN2C(=O)[C@H]1CC(=O)OC(C)(C)C(F)(F)F. The Hall–Kier alpha value is -4.25. The van der Waals surface area contributed by atoms with Gasteiger partial charge in [-0.3, -0.25) is 23.9 Å². The number of ketones is 1. The van der Waals surface area contributed by atoms with E-state index in [4.69, 9.17) is 23.9 Å². The molecule has 1 saturated heterocycles. The van der Waals surface area contributed by atoms with Gasteiger partial charge in [-0.15, -0.1) is 0 Å². The van der Waals surface area contributed by atoms with E-state index in [1.165, 1.54) is 4.90 Å². The van der Waals surface area contributed by atoms with Gasteiger partial charge in [0.2, 0.25) is 39.2 Å². The summed E-state index contributed by atoms with van der Waals surface area (Å²) in [4.78, 5) is 63.1. The molecule has 0 radical (unpaired) electrons. The van der Waals surface area contributed by atoms with Gasteiger partial charge < -0.3 is 23.8 Å². The lowest BCUT2D eigenvalue weighted by atomic mass is 9.90. The van der Waals surface area contributed by atoms with Gasteiger partial charge in [-0.25, -0.2) is 8.42 Å². The van der Waals surface area contributed by atoms with Crippen molar-refractivity contribution in [2.75, 3.05) is 13.2 Å². The molecule has 0 bridgehead atoms. The summed E-state index contributed by atoms with van der Waals surface area (Å²) in [5.74, 6) is -4.50. The van der Waals surface area contributed by atoms with Crippen LogP contribution in [0.3, 0.4) is 0 Å². The van der Waals surface area contributed by atoms with Crippen molar-refractivity contribution in [3.05, 3.63) is 42.0 Å². The van der Waals surface area contributed by atoms with Gasteiger partial charge in [0.05, 0.1) is 53.9 Å². The van der Waals surface area contributed by atoms with Gasteiger partial charge in [0.1, 0.15) is 6.10 Å². The first-order valence-electron chi connectivity index (χ1n) is 20.9. The average Bonchev–Trinajstić information content (AvgIpc) is 4.07. The number of carbonyl (C=O) groups is 4. The zero-order valence-electron chi connectivity index (χ0n) is 34.6. The first-order chi connectivity index (χ1) is 28.2. The number of hydrogen-bond acceptors (Lipinski definition) is 11. The number of amides is 2. The van der Waals surface area contributed by atoms with Gasteiger partial charge in [-0.2, -0.15) is 18.2 Å². The number of halogens is 3. The normalized spacial score (nSPS) is 30.1. The van der Waals surface area contributed by atoms with Crippen molar-refractivity contribution in [3.63, 3.8) is 0 Å². The maximum Gasteiger partial charge on any atom is 0.427 e. The van der Waals surface area contributed by atoms with E-state index in [9.17, 15) is 40.8 Å². The Labute approximate surface area is 348 Å². The van der Waals surface area contributed by atoms with Crippen LogP contribution in [0, 0.1) is 17.3 Å². The topological polar surface area (TPSA) is 167 Å². The Kier molecular flexibility index (Phi) is 11.8. The Morgan fingerprint density at radius 3 is 2.52 bits per heavy atom. The van der Waals surface area contributed by atoms with Crippen LogP contribution in [0.1, 0.15) is 104 Å². The molecule has 0 spiro atoms. The van der Waals surface area contributed by atoms with E-state index in [1.807, 2.05) is 36.4 Å². The molecule has 13 nitrogen and oxygen atoms in total. The molecule has 7 rings (SSSR count). The fourth-order valence-electron chi connectivity index (χ4n) is 8.66. The van der Waals surface area contributed by atoms with Crippen molar-refractivity contribution < 1.29 is 59.7 Å². The smallest absolute Gasteiger partial charge is 0.427 e. The molecule has 1 aromatic carbocycles. The summed E-state index contributed by atoms with van der Waals surface area (Å²) in [6.07, 6.45) is -1.04. The molecule has 1 aromatic heterocycles. The number of esters is 1. The van der Waals surface area contributed by atoms with Crippen molar-refractivity contribution in [3.8, 4) is 11.8 Å². The molecule has 60 heavy (non-hydrogen) atoms. The number of ether oxygens (including phenoxy) is 4. The minimum Gasteiger partial charge on any atom is -0.477 e. The second-order valence-corrected chi connectivity index (χ2v) is 20.1. The first kappa shape index (κ1) is 43.8. The van der Waals surface area contributed by atoms with Gasteiger partial charge in [0.15, 0.2) is 5.78 Å². The highest BCUT2D eigenvalue weighted by Gasteiger charge is 2.63. The van der Waals surface area contributed by atoms with E-state index < -0.39 is 105 Å². The van der Waals surface area contributed by atoms with Crippen molar-refractivity contribution in [1.82, 2.24) is 14.6 Å². The number of hydrogen-bond donors (Lipinski definition) is 1. The van der Waals surface area contributed by atoms with Gasteiger partial charge in [-0.05, 0) is 96.4 Å². The lowest BCUT2D eigenvalue weighted by molar-refractivity contribution is -0.258. The summed E-state index contributed by atoms with van der Waals surface area (Å²) in [6, 6.07) is 6.29. The number of benzene rings is 1. The van der Waals surface area contributed by atoms with E-state index in [0.717, 1.165) is 37.6 Å². The highest BCUT2D eigenvalue weighted by molar-refractivity contribution is 7.91. The summed E-state index contributed by atoms with van der Waals surface area (Å²) in [6.45, 7) is 6.81. The van der Waals surface area contributed by atoms with Crippen LogP contribution in [0.15, 0.2) is 36.4 Å². The Balaban J connectivity index is 1.25. The molecule has 3 fully saturated rings. The van der Waals surface area contributed by atoms with Crippen molar-refractivity contribution >= 4 is 44.4 Å². The number of nitrogens with one attached hydrogen (secondary N) is 1. The first-order valence-corrected chi connectivity index (χ1v) is 22.4. The fraction of sp³-hybridized carbons (Fsp3) is 0.651. The molecule has 1 N–H and O–H groups in total. The van der Waals surface area contributed by atoms with E-state index >= 15 is 0 Å². The van der Waals surface area contributed by atoms with Crippen LogP contribution in [-0.2, 0) is 45.1 Å². The minimum absolute atomic E-state index is 0.0561. The number of aryl methyl sites for hydroxylation is 1. The zero-order chi connectivity index (χ0) is 43.4. The van der Waals surface area contributed by atoms with Crippen LogP contribution < -0.4 is 14.2 Å². The minimum atomic E-state index is -4.90. The van der Waals surface area contributed by atoms with E-state index in [0.29, 0.717) is 43.6 Å². The maximum absolute atomic E-state index is 15.0. The summed E-state index contributed by atoms with van der Waals surface area (Å²) in [5.41, 5.74) is -3.33. The molecule has 2 amide bonds. The van der Waals surface area contributed by atoms with Gasteiger partial charge in [0, 0.05) is 23.8 Å². The third kappa shape index (κ3) is 8.62. The predicted molar refractivity (Wildman–Crippen MR) is 212 cm³/mol. The van der Waals surface area contributed by atoms with Crippen LogP contribution in [0.2, 0.25) is 0 Å². The number of carbonyl (C=O) groups excluding carboxylic acids is 4. The van der Waals surface area contributed by atoms with E-state index in [2.05, 4.69) is 4.72 Å². The van der Waals surface area contributed by atoms with Gasteiger partial charge in [-0.1, -0.05) is 37.3 Å². The summed E-state index contributed by atoms with van der Waals surface area (Å²) in [5, 5.41) is 1.57. The Morgan fingerprint density at radius 2 is 1.83 bits per heavy atom. The van der Waals surface area contributed by atoms with Crippen molar-refractivity contribution in [2.45, 2.75) is 146 Å². The molecule has 0 unspecified atom stereocenters. The van der Waals surface area contributed by atoms with Crippen molar-refractivity contribution in [1.29, 1.82) is 0 Å². The Bertz CT molecular complexity index is 2170. The third-order valence-electron chi connectivity index (χ3n) is 13.0. The largest absolute Gasteiger partial charge is 0.477 e. The quantitative estimate of drug-likeness (QED) is 0.222. The number of Topliss-reactive ketones (excluding diaryl/α,β-unsaturated/α-hetero) is 1. The molecule has 17 heteroatoms. The third-order valence-corrected chi connectivity index (χ3v) is 15.1. The number of sulfonamides is 1. The maximum atomic E-state index is 15.0. The molecule has 2 aromatic rings. The van der Waals surface area contributed by atoms with Gasteiger partial charge >= 0.3 is 12.1 Å². The van der Waals surface area contributed by atoms with Crippen LogP contribution in [-0.4, -0.2) is 95.9 Å². The second kappa shape index (κ2) is 16.2. The highest BCUT2D eigenvalue weighted by atomic mass is 32.2. The highest BCUT2D eigenvalue weighted by Crippen LogP contribution is 2.58. The van der Waals surface area contributed by atoms with Crippen LogP contribution in [0.4, 0.5) is 13.2 Å². The number of alkyl halides is 3. The lowest BCUT2D eigenvalue weighted by Gasteiger charge is -2.34. The average molecular weight is 862 g/mol. The fourth-order valence-corrected chi connectivity index (χ4v) is 10.00. The van der Waals surface area contributed by atoms with Crippen molar-refractivity contribution in [2.24, 2.45) is 17.3 Å². The number of allylic oxidation sites excluding steroid dienone is 2. The molecule has 2 aliphatic carbocycles. The number of aromatic nitrogens is 1. The van der Waals surface area contributed by atoms with Crippen LogP contribution in [0.25, 0.3) is 10.8 Å². The van der Waals surface area contributed by atoms with E-state index in [1.54, 1.807) is 20.8 Å².